The van der Waals surface area contributed by atoms with Crippen molar-refractivity contribution in [3.63, 3.8) is 0 Å². The van der Waals surface area contributed by atoms with E-state index < -0.39 is 23.3 Å². The summed E-state index contributed by atoms with van der Waals surface area (Å²) in [4.78, 5) is 35.1. The van der Waals surface area contributed by atoms with Gasteiger partial charge in [-0.15, -0.1) is 0 Å². The summed E-state index contributed by atoms with van der Waals surface area (Å²) < 4.78 is 0. The molecular weight excluding hydrogens is 220 g/mol. The van der Waals surface area contributed by atoms with Crippen molar-refractivity contribution in [1.82, 2.24) is 10.6 Å². The second-order valence-electron chi connectivity index (χ2n) is 5.09. The van der Waals surface area contributed by atoms with Crippen molar-refractivity contribution in [1.29, 1.82) is 0 Å². The van der Waals surface area contributed by atoms with E-state index in [0.29, 0.717) is 12.3 Å². The Morgan fingerprint density at radius 1 is 1.06 bits per heavy atom. The van der Waals surface area contributed by atoms with E-state index in [9.17, 15) is 14.4 Å². The molecule has 4 amide bonds. The van der Waals surface area contributed by atoms with Crippen molar-refractivity contribution in [3.8, 4) is 0 Å². The molecule has 96 valence electrons. The van der Waals surface area contributed by atoms with Crippen LogP contribution >= 0.6 is 0 Å². The molecule has 5 heteroatoms. The fraction of sp³-hybridized carbons (Fsp3) is 0.750. The Balaban J connectivity index is 3.04. The third-order valence-corrected chi connectivity index (χ3v) is 3.49. The number of amides is 4. The van der Waals surface area contributed by atoms with E-state index in [1.807, 2.05) is 20.8 Å². The second-order valence-corrected chi connectivity index (χ2v) is 5.09. The number of carbonyl (C=O) groups excluding carboxylic acids is 3. The van der Waals surface area contributed by atoms with Gasteiger partial charge in [-0.05, 0) is 24.7 Å². The first kappa shape index (κ1) is 13.7. The topological polar surface area (TPSA) is 75.3 Å². The smallest absolute Gasteiger partial charge is 0.277 e. The van der Waals surface area contributed by atoms with Crippen LogP contribution in [0.3, 0.4) is 0 Å². The molecule has 0 aromatic heterocycles. The van der Waals surface area contributed by atoms with Gasteiger partial charge >= 0.3 is 6.03 Å². The molecule has 17 heavy (non-hydrogen) atoms. The molecule has 0 aromatic rings. The lowest BCUT2D eigenvalue weighted by Gasteiger charge is -2.38. The summed E-state index contributed by atoms with van der Waals surface area (Å²) in [5, 5.41) is 4.39. The molecule has 0 radical (unpaired) electrons. The lowest BCUT2D eigenvalue weighted by molar-refractivity contribution is -0.148. The average Bonchev–Trinajstić information content (AvgIpc) is 2.16. The van der Waals surface area contributed by atoms with Crippen LogP contribution in [0.4, 0.5) is 4.79 Å². The third kappa shape index (κ3) is 2.33. The monoisotopic (exact) mass is 240 g/mol. The highest BCUT2D eigenvalue weighted by atomic mass is 16.2. The molecule has 0 aromatic carbocycles. The van der Waals surface area contributed by atoms with Crippen molar-refractivity contribution in [3.05, 3.63) is 0 Å². The van der Waals surface area contributed by atoms with Gasteiger partial charge in [-0.1, -0.05) is 27.7 Å². The predicted molar refractivity (Wildman–Crippen MR) is 63.0 cm³/mol. The number of imide groups is 2. The fourth-order valence-corrected chi connectivity index (χ4v) is 2.59. The molecule has 1 saturated heterocycles. The summed E-state index contributed by atoms with van der Waals surface area (Å²) in [5.74, 6) is -0.643. The SMILES string of the molecule is CCC1([C@H](C)CC(C)C)C(=O)NC(=O)NC1=O. The number of carbonyl (C=O) groups is 3. The molecule has 1 aliphatic rings. The van der Waals surface area contributed by atoms with Crippen LogP contribution in [0.1, 0.15) is 40.5 Å². The van der Waals surface area contributed by atoms with Crippen LogP contribution in [0.15, 0.2) is 0 Å². The zero-order chi connectivity index (χ0) is 13.2. The Kier molecular flexibility index (Phi) is 3.91. The summed E-state index contributed by atoms with van der Waals surface area (Å²) in [7, 11) is 0. The average molecular weight is 240 g/mol. The molecule has 0 saturated carbocycles. The Morgan fingerprint density at radius 2 is 1.53 bits per heavy atom. The Bertz CT molecular complexity index is 330. The van der Waals surface area contributed by atoms with E-state index >= 15 is 0 Å². The van der Waals surface area contributed by atoms with Crippen molar-refractivity contribution >= 4 is 17.8 Å². The number of rotatable bonds is 4. The summed E-state index contributed by atoms with van der Waals surface area (Å²) in [6.07, 6.45) is 1.16. The van der Waals surface area contributed by atoms with Gasteiger partial charge in [-0.25, -0.2) is 4.79 Å². The minimum atomic E-state index is -1.11. The summed E-state index contributed by atoms with van der Waals surface area (Å²) in [6.45, 7) is 7.78. The van der Waals surface area contributed by atoms with Crippen LogP contribution in [0, 0.1) is 17.3 Å². The zero-order valence-electron chi connectivity index (χ0n) is 10.8. The number of hydrogen-bond acceptors (Lipinski definition) is 3. The van der Waals surface area contributed by atoms with Crippen molar-refractivity contribution < 1.29 is 14.4 Å². The van der Waals surface area contributed by atoms with Gasteiger partial charge in [0.05, 0.1) is 0 Å². The predicted octanol–water partition coefficient (Wildman–Crippen LogP) is 1.43. The Hall–Kier alpha value is -1.39. The van der Waals surface area contributed by atoms with Gasteiger partial charge in [0.25, 0.3) is 0 Å². The molecule has 0 bridgehead atoms. The molecule has 0 aliphatic carbocycles. The van der Waals surface area contributed by atoms with E-state index in [1.54, 1.807) is 6.92 Å². The molecule has 1 heterocycles. The first-order valence-electron chi connectivity index (χ1n) is 6.01. The van der Waals surface area contributed by atoms with Crippen molar-refractivity contribution in [2.75, 3.05) is 0 Å². The lowest BCUT2D eigenvalue weighted by atomic mass is 9.69. The summed E-state index contributed by atoms with van der Waals surface area (Å²) in [6, 6.07) is -0.721. The molecular formula is C12H20N2O3. The molecule has 2 N–H and O–H groups in total. The highest BCUT2D eigenvalue weighted by Gasteiger charge is 2.52. The maximum atomic E-state index is 12.0. The highest BCUT2D eigenvalue weighted by Crippen LogP contribution is 2.37. The van der Waals surface area contributed by atoms with Crippen LogP contribution in [0.5, 0.6) is 0 Å². The van der Waals surface area contributed by atoms with Gasteiger partial charge in [-0.2, -0.15) is 0 Å². The Morgan fingerprint density at radius 3 is 1.88 bits per heavy atom. The fourth-order valence-electron chi connectivity index (χ4n) is 2.59. The van der Waals surface area contributed by atoms with Gasteiger partial charge < -0.3 is 0 Å². The van der Waals surface area contributed by atoms with Crippen LogP contribution < -0.4 is 10.6 Å². The first-order chi connectivity index (χ1) is 7.84. The van der Waals surface area contributed by atoms with Crippen molar-refractivity contribution in [2.45, 2.75) is 40.5 Å². The number of nitrogens with one attached hydrogen (secondary N) is 2. The normalized spacial score (nSPS) is 21.1. The number of hydrogen-bond donors (Lipinski definition) is 2. The molecule has 1 fully saturated rings. The molecule has 5 nitrogen and oxygen atoms in total. The van der Waals surface area contributed by atoms with Crippen LogP contribution in [-0.4, -0.2) is 17.8 Å². The first-order valence-corrected chi connectivity index (χ1v) is 6.01. The minimum absolute atomic E-state index is 0.0967. The lowest BCUT2D eigenvalue weighted by Crippen LogP contribution is -2.64. The maximum Gasteiger partial charge on any atom is 0.328 e. The van der Waals surface area contributed by atoms with Gasteiger partial charge in [0.1, 0.15) is 5.41 Å². The molecule has 1 atom stereocenters. The van der Waals surface area contributed by atoms with E-state index in [4.69, 9.17) is 0 Å². The van der Waals surface area contributed by atoms with E-state index in [0.717, 1.165) is 6.42 Å². The molecule has 0 unspecified atom stereocenters. The van der Waals surface area contributed by atoms with E-state index in [-0.39, 0.29) is 5.92 Å². The summed E-state index contributed by atoms with van der Waals surface area (Å²) >= 11 is 0. The minimum Gasteiger partial charge on any atom is -0.277 e. The zero-order valence-corrected chi connectivity index (χ0v) is 10.8. The van der Waals surface area contributed by atoms with Crippen LogP contribution in [0.2, 0.25) is 0 Å². The largest absolute Gasteiger partial charge is 0.328 e. The van der Waals surface area contributed by atoms with Crippen molar-refractivity contribution in [2.24, 2.45) is 17.3 Å². The van der Waals surface area contributed by atoms with E-state index in [1.165, 1.54) is 0 Å². The standard InChI is InChI=1S/C12H20N2O3/c1-5-12(8(4)6-7(2)3)9(15)13-11(17)14-10(12)16/h7-8H,5-6H2,1-4H3,(H2,13,14,15,16,17)/t8-/m1/s1. The second kappa shape index (κ2) is 4.85. The van der Waals surface area contributed by atoms with E-state index in [2.05, 4.69) is 10.6 Å². The quantitative estimate of drug-likeness (QED) is 0.730. The van der Waals surface area contributed by atoms with Gasteiger partial charge in [0, 0.05) is 0 Å². The van der Waals surface area contributed by atoms with Gasteiger partial charge in [-0.3, -0.25) is 20.2 Å². The Labute approximate surface area is 101 Å². The van der Waals surface area contributed by atoms with Crippen LogP contribution in [-0.2, 0) is 9.59 Å². The molecule has 1 aliphatic heterocycles. The number of barbiturate groups is 1. The summed E-state index contributed by atoms with van der Waals surface area (Å²) in [5.41, 5.74) is -1.11. The van der Waals surface area contributed by atoms with Gasteiger partial charge in [0.15, 0.2) is 0 Å². The number of urea groups is 1. The third-order valence-electron chi connectivity index (χ3n) is 3.49. The maximum absolute atomic E-state index is 12.0. The molecule has 1 rings (SSSR count). The van der Waals surface area contributed by atoms with Gasteiger partial charge in [0.2, 0.25) is 11.8 Å². The van der Waals surface area contributed by atoms with Crippen LogP contribution in [0.25, 0.3) is 0 Å². The molecule has 0 spiro atoms. The highest BCUT2D eigenvalue weighted by molar-refractivity contribution is 6.19.